The van der Waals surface area contributed by atoms with Gasteiger partial charge < -0.3 is 15.2 Å². The molecule has 166 valence electrons. The third-order valence-corrected chi connectivity index (χ3v) is 4.88. The summed E-state index contributed by atoms with van der Waals surface area (Å²) in [6.45, 7) is 5.71. The monoisotopic (exact) mass is 428 g/mol. The van der Waals surface area contributed by atoms with Crippen LogP contribution in [0.2, 0.25) is 0 Å². The molecule has 0 spiro atoms. The summed E-state index contributed by atoms with van der Waals surface area (Å²) >= 11 is 0. The number of rotatable bonds is 9. The molecule has 0 radical (unpaired) electrons. The Labute approximate surface area is 165 Å². The van der Waals surface area contributed by atoms with Gasteiger partial charge in [-0.3, -0.25) is 4.90 Å². The maximum absolute atomic E-state index is 13.1. The van der Waals surface area contributed by atoms with Crippen LogP contribution in [0.15, 0.2) is 18.2 Å². The molecular weight excluding hydrogens is 402 g/mol. The van der Waals surface area contributed by atoms with Crippen molar-refractivity contribution in [1.29, 1.82) is 0 Å². The number of hydrogen-bond donors (Lipinski definition) is 2. The summed E-state index contributed by atoms with van der Waals surface area (Å²) in [6, 6.07) is 2.45. The molecule has 0 saturated carbocycles. The van der Waals surface area contributed by atoms with Crippen molar-refractivity contribution in [2.45, 2.75) is 50.6 Å². The van der Waals surface area contributed by atoms with E-state index in [2.05, 4.69) is 10.2 Å². The summed E-state index contributed by atoms with van der Waals surface area (Å²) in [7, 11) is 0. The van der Waals surface area contributed by atoms with Crippen molar-refractivity contribution in [3.63, 3.8) is 0 Å². The summed E-state index contributed by atoms with van der Waals surface area (Å²) < 4.78 is 84.3. The third kappa shape index (κ3) is 5.55. The second-order valence-electron chi connectivity index (χ2n) is 7.11. The average Bonchev–Trinajstić information content (AvgIpc) is 3.13. The lowest BCUT2D eigenvalue weighted by atomic mass is 9.90. The van der Waals surface area contributed by atoms with Crippen molar-refractivity contribution in [1.82, 2.24) is 10.2 Å². The van der Waals surface area contributed by atoms with E-state index in [1.54, 1.807) is 6.92 Å². The van der Waals surface area contributed by atoms with Crippen LogP contribution in [0.4, 0.5) is 26.3 Å². The van der Waals surface area contributed by atoms with Crippen molar-refractivity contribution in [2.75, 3.05) is 32.9 Å². The first-order chi connectivity index (χ1) is 13.5. The zero-order chi connectivity index (χ0) is 21.7. The van der Waals surface area contributed by atoms with Gasteiger partial charge in [-0.1, -0.05) is 19.4 Å². The molecule has 0 bridgehead atoms. The van der Waals surface area contributed by atoms with Crippen LogP contribution in [0.1, 0.15) is 37.3 Å². The minimum Gasteiger partial charge on any atom is -0.493 e. The van der Waals surface area contributed by atoms with Gasteiger partial charge in [0.25, 0.3) is 5.60 Å². The minimum absolute atomic E-state index is 0.209. The fraction of sp³-hybridized carbons (Fsp3) is 0.684. The Morgan fingerprint density at radius 1 is 1.10 bits per heavy atom. The maximum atomic E-state index is 13.1. The van der Waals surface area contributed by atoms with Crippen LogP contribution in [0.3, 0.4) is 0 Å². The molecular formula is C19H26F6N2O2. The molecule has 29 heavy (non-hydrogen) atoms. The van der Waals surface area contributed by atoms with Gasteiger partial charge in [-0.2, -0.15) is 26.3 Å². The van der Waals surface area contributed by atoms with Crippen LogP contribution in [0, 0.1) is 0 Å². The van der Waals surface area contributed by atoms with Gasteiger partial charge in [0.2, 0.25) is 0 Å². The van der Waals surface area contributed by atoms with Crippen LogP contribution in [-0.2, 0) is 12.0 Å². The predicted octanol–water partition coefficient (Wildman–Crippen LogP) is 3.97. The largest absolute Gasteiger partial charge is 0.493 e. The number of alkyl halides is 6. The van der Waals surface area contributed by atoms with Crippen molar-refractivity contribution < 1.29 is 36.2 Å². The topological polar surface area (TPSA) is 44.7 Å². The second-order valence-corrected chi connectivity index (χ2v) is 7.11. The molecule has 2 rings (SSSR count). The SMILES string of the molecule is CCCc1cc(C(O)(C(F)(F)F)C(F)(F)F)ccc1OCCCCN1CCNC1. The lowest BCUT2D eigenvalue weighted by Gasteiger charge is -2.33. The van der Waals surface area contributed by atoms with E-state index in [9.17, 15) is 31.4 Å². The Kier molecular flexibility index (Phi) is 7.80. The van der Waals surface area contributed by atoms with Gasteiger partial charge in [0.05, 0.1) is 6.61 Å². The van der Waals surface area contributed by atoms with Crippen molar-refractivity contribution in [3.8, 4) is 5.75 Å². The van der Waals surface area contributed by atoms with E-state index in [0.29, 0.717) is 25.5 Å². The first kappa shape index (κ1) is 23.8. The molecule has 4 nitrogen and oxygen atoms in total. The number of nitrogens with one attached hydrogen (secondary N) is 1. The standard InChI is InChI=1S/C19H26F6N2O2/c1-2-5-14-12-15(17(28,18(20,21)22)19(23,24)25)6-7-16(14)29-11-4-3-9-27-10-8-26-13-27/h6-7,12,26,28H,2-5,8-11,13H2,1H3. The Balaban J connectivity index is 2.10. The van der Waals surface area contributed by atoms with Crippen molar-refractivity contribution >= 4 is 0 Å². The van der Waals surface area contributed by atoms with Crippen LogP contribution in [0.5, 0.6) is 5.75 Å². The highest BCUT2D eigenvalue weighted by molar-refractivity contribution is 5.41. The smallest absolute Gasteiger partial charge is 0.430 e. The number of hydrogen-bond acceptors (Lipinski definition) is 4. The lowest BCUT2D eigenvalue weighted by molar-refractivity contribution is -0.376. The molecule has 0 amide bonds. The summed E-state index contributed by atoms with van der Waals surface area (Å²) in [5, 5.41) is 12.8. The fourth-order valence-corrected chi connectivity index (χ4v) is 3.26. The van der Waals surface area contributed by atoms with E-state index in [-0.39, 0.29) is 17.7 Å². The number of halogens is 6. The first-order valence-electron chi connectivity index (χ1n) is 9.55. The summed E-state index contributed by atoms with van der Waals surface area (Å²) in [4.78, 5) is 2.24. The molecule has 0 aromatic heterocycles. The number of ether oxygens (including phenoxy) is 1. The number of nitrogens with zero attached hydrogens (tertiary/aromatic N) is 1. The molecule has 1 heterocycles. The van der Waals surface area contributed by atoms with E-state index < -0.39 is 23.5 Å². The van der Waals surface area contributed by atoms with Gasteiger partial charge >= 0.3 is 12.4 Å². The van der Waals surface area contributed by atoms with Crippen molar-refractivity contribution in [2.24, 2.45) is 0 Å². The van der Waals surface area contributed by atoms with Crippen LogP contribution < -0.4 is 10.1 Å². The molecule has 1 aliphatic rings. The predicted molar refractivity (Wildman–Crippen MR) is 95.6 cm³/mol. The molecule has 1 aromatic rings. The molecule has 1 aliphatic heterocycles. The molecule has 0 unspecified atom stereocenters. The van der Waals surface area contributed by atoms with Crippen molar-refractivity contribution in [3.05, 3.63) is 29.3 Å². The zero-order valence-electron chi connectivity index (χ0n) is 16.2. The molecule has 1 fully saturated rings. The molecule has 2 N–H and O–H groups in total. The fourth-order valence-electron chi connectivity index (χ4n) is 3.26. The highest BCUT2D eigenvalue weighted by Gasteiger charge is 2.71. The number of aryl methyl sites for hydroxylation is 1. The summed E-state index contributed by atoms with van der Waals surface area (Å²) in [5.41, 5.74) is -5.97. The third-order valence-electron chi connectivity index (χ3n) is 4.88. The molecule has 1 aromatic carbocycles. The van der Waals surface area contributed by atoms with E-state index in [1.165, 1.54) is 0 Å². The normalized spacial score (nSPS) is 16.4. The van der Waals surface area contributed by atoms with Gasteiger partial charge in [0.1, 0.15) is 5.75 Å². The Bertz CT molecular complexity index is 643. The minimum atomic E-state index is -5.90. The Hall–Kier alpha value is -1.52. The van der Waals surface area contributed by atoms with Crippen LogP contribution >= 0.6 is 0 Å². The summed E-state index contributed by atoms with van der Waals surface area (Å²) in [5.74, 6) is 0.241. The van der Waals surface area contributed by atoms with Gasteiger partial charge in [-0.05, 0) is 43.5 Å². The Morgan fingerprint density at radius 2 is 1.79 bits per heavy atom. The number of benzene rings is 1. The van der Waals surface area contributed by atoms with Crippen LogP contribution in [-0.4, -0.2) is 55.3 Å². The zero-order valence-corrected chi connectivity index (χ0v) is 16.2. The van der Waals surface area contributed by atoms with E-state index in [1.807, 2.05) is 0 Å². The van der Waals surface area contributed by atoms with Gasteiger partial charge in [0, 0.05) is 25.3 Å². The van der Waals surface area contributed by atoms with Gasteiger partial charge in [-0.15, -0.1) is 0 Å². The summed E-state index contributed by atoms with van der Waals surface area (Å²) in [6.07, 6.45) is -9.50. The Morgan fingerprint density at radius 3 is 2.34 bits per heavy atom. The molecule has 0 aliphatic carbocycles. The van der Waals surface area contributed by atoms with Gasteiger partial charge in [-0.25, -0.2) is 0 Å². The maximum Gasteiger partial charge on any atom is 0.430 e. The average molecular weight is 428 g/mol. The van der Waals surface area contributed by atoms with Crippen LogP contribution in [0.25, 0.3) is 0 Å². The number of unbranched alkanes of at least 4 members (excludes halogenated alkanes) is 1. The molecule has 10 heteroatoms. The first-order valence-corrected chi connectivity index (χ1v) is 9.55. The van der Waals surface area contributed by atoms with E-state index >= 15 is 0 Å². The molecule has 0 atom stereocenters. The lowest BCUT2D eigenvalue weighted by Crippen LogP contribution is -2.53. The highest BCUT2D eigenvalue weighted by atomic mass is 19.4. The van der Waals surface area contributed by atoms with Gasteiger partial charge in [0.15, 0.2) is 0 Å². The number of aliphatic hydroxyl groups is 1. The van der Waals surface area contributed by atoms with E-state index in [4.69, 9.17) is 4.74 Å². The quantitative estimate of drug-likeness (QED) is 0.462. The second kappa shape index (κ2) is 9.53. The molecule has 1 saturated heterocycles. The van der Waals surface area contributed by atoms with E-state index in [0.717, 1.165) is 44.9 Å². The highest BCUT2D eigenvalue weighted by Crippen LogP contribution is 2.50.